The highest BCUT2D eigenvalue weighted by Gasteiger charge is 2.46. The van der Waals surface area contributed by atoms with E-state index in [1.807, 2.05) is 0 Å². The molecule has 0 spiro atoms. The van der Waals surface area contributed by atoms with Crippen molar-refractivity contribution in [3.63, 3.8) is 0 Å². The van der Waals surface area contributed by atoms with Crippen LogP contribution in [0.3, 0.4) is 0 Å². The van der Waals surface area contributed by atoms with Crippen LogP contribution < -0.4 is 0 Å². The van der Waals surface area contributed by atoms with E-state index in [2.05, 4.69) is 0 Å². The molecule has 1 atom stereocenters. The largest absolute Gasteiger partial charge is 0.270 e. The minimum absolute atomic E-state index is 0.0235. The van der Waals surface area contributed by atoms with Crippen molar-refractivity contribution in [1.29, 1.82) is 0 Å². The molecule has 0 bridgehead atoms. The summed E-state index contributed by atoms with van der Waals surface area (Å²) in [7, 11) is -7.23. The number of benzene rings is 1. The van der Waals surface area contributed by atoms with Crippen molar-refractivity contribution in [2.45, 2.75) is 43.2 Å². The van der Waals surface area contributed by atoms with Gasteiger partial charge in [-0.25, -0.2) is 16.8 Å². The van der Waals surface area contributed by atoms with Crippen molar-refractivity contribution in [2.24, 2.45) is 0 Å². The highest BCUT2D eigenvalue weighted by atomic mass is 32.2. The number of sulfone groups is 1. The fourth-order valence-corrected chi connectivity index (χ4v) is 7.04. The van der Waals surface area contributed by atoms with Crippen LogP contribution in [-0.2, 0) is 19.9 Å². The topological polar surface area (TPSA) is 115 Å². The average molecular weight is 374 g/mol. The molecule has 0 radical (unpaired) electrons. The van der Waals surface area contributed by atoms with E-state index in [9.17, 15) is 26.9 Å². The maximum absolute atomic E-state index is 13.1. The summed E-state index contributed by atoms with van der Waals surface area (Å²) in [6.45, 7) is 1.58. The number of hydrogen-bond donors (Lipinski definition) is 0. The number of hydrogen-bond acceptors (Lipinski definition) is 6. The third-order valence-electron chi connectivity index (χ3n) is 4.41. The molecule has 1 aromatic rings. The van der Waals surface area contributed by atoms with E-state index in [4.69, 9.17) is 0 Å². The number of nitro benzene ring substituents is 1. The van der Waals surface area contributed by atoms with Crippen LogP contribution in [0.25, 0.3) is 0 Å². The molecule has 1 aliphatic heterocycles. The summed E-state index contributed by atoms with van der Waals surface area (Å²) < 4.78 is 51.0. The molecule has 1 heterocycles. The monoisotopic (exact) mass is 374 g/mol. The molecule has 0 unspecified atom stereocenters. The lowest BCUT2D eigenvalue weighted by Gasteiger charge is -2.27. The highest BCUT2D eigenvalue weighted by molar-refractivity contribution is 7.92. The van der Waals surface area contributed by atoms with Gasteiger partial charge < -0.3 is 0 Å². The molecule has 0 aromatic heterocycles. The van der Waals surface area contributed by atoms with E-state index in [0.717, 1.165) is 6.07 Å². The van der Waals surface area contributed by atoms with Gasteiger partial charge >= 0.3 is 0 Å². The molecule has 10 heteroatoms. The Morgan fingerprint density at radius 2 is 1.88 bits per heavy atom. The molecule has 1 aromatic carbocycles. The Labute approximate surface area is 140 Å². The van der Waals surface area contributed by atoms with Crippen LogP contribution in [0.5, 0.6) is 0 Å². The van der Waals surface area contributed by atoms with Crippen LogP contribution in [0, 0.1) is 17.0 Å². The van der Waals surface area contributed by atoms with Gasteiger partial charge in [0.25, 0.3) is 5.69 Å². The molecule has 24 heavy (non-hydrogen) atoms. The molecule has 1 aliphatic carbocycles. The highest BCUT2D eigenvalue weighted by Crippen LogP contribution is 2.38. The van der Waals surface area contributed by atoms with E-state index >= 15 is 0 Å². The Hall–Kier alpha value is -1.52. The van der Waals surface area contributed by atoms with Crippen LogP contribution in [0.4, 0.5) is 5.69 Å². The Morgan fingerprint density at radius 1 is 1.21 bits per heavy atom. The van der Waals surface area contributed by atoms with Crippen molar-refractivity contribution in [3.05, 3.63) is 33.9 Å². The maximum atomic E-state index is 13.1. The number of non-ortho nitro benzene ring substituents is 1. The van der Waals surface area contributed by atoms with Gasteiger partial charge in [-0.05, 0) is 31.7 Å². The van der Waals surface area contributed by atoms with Crippen molar-refractivity contribution < 1.29 is 21.8 Å². The molecular formula is C14H18N2O6S2. The molecule has 3 rings (SSSR count). The SMILES string of the molecule is Cc1ccc([N+](=O)[O-])cc1S(=O)(=O)N(C1CC1)[C@@H]1CCS(=O)(=O)C1. The van der Waals surface area contributed by atoms with E-state index in [1.54, 1.807) is 6.92 Å². The van der Waals surface area contributed by atoms with Crippen molar-refractivity contribution >= 4 is 25.5 Å². The van der Waals surface area contributed by atoms with Crippen LogP contribution in [0.1, 0.15) is 24.8 Å². The molecule has 0 amide bonds. The molecule has 2 fully saturated rings. The van der Waals surface area contributed by atoms with Gasteiger partial charge in [0.15, 0.2) is 9.84 Å². The second-order valence-electron chi connectivity index (χ2n) is 6.33. The van der Waals surface area contributed by atoms with E-state index < -0.39 is 30.8 Å². The molecule has 132 valence electrons. The Bertz CT molecular complexity index is 890. The van der Waals surface area contributed by atoms with Gasteiger partial charge in [0.05, 0.1) is 21.3 Å². The molecule has 1 saturated carbocycles. The van der Waals surface area contributed by atoms with Gasteiger partial charge in [0.2, 0.25) is 10.0 Å². The van der Waals surface area contributed by atoms with Gasteiger partial charge in [-0.1, -0.05) is 6.07 Å². The van der Waals surface area contributed by atoms with Gasteiger partial charge in [-0.3, -0.25) is 10.1 Å². The standard InChI is InChI=1S/C14H18N2O6S2/c1-10-2-3-12(16(17)18)8-14(10)24(21,22)15(11-4-5-11)13-6-7-23(19,20)9-13/h2-3,8,11,13H,4-7,9H2,1H3/t13-/m1/s1. The van der Waals surface area contributed by atoms with Crippen molar-refractivity contribution in [2.75, 3.05) is 11.5 Å². The zero-order valence-corrected chi connectivity index (χ0v) is 14.7. The first-order valence-corrected chi connectivity index (χ1v) is 10.9. The fourth-order valence-electron chi connectivity index (χ4n) is 3.09. The Balaban J connectivity index is 2.05. The first kappa shape index (κ1) is 17.3. The van der Waals surface area contributed by atoms with Crippen molar-refractivity contribution in [3.8, 4) is 0 Å². The lowest BCUT2D eigenvalue weighted by Crippen LogP contribution is -2.42. The minimum atomic E-state index is -3.99. The zero-order valence-electron chi connectivity index (χ0n) is 13.1. The van der Waals surface area contributed by atoms with Gasteiger partial charge in [0, 0.05) is 24.2 Å². The Kier molecular flexibility index (Phi) is 4.17. The summed E-state index contributed by atoms with van der Waals surface area (Å²) in [5.41, 5.74) is 0.112. The molecule has 1 saturated heterocycles. The summed E-state index contributed by atoms with van der Waals surface area (Å²) in [5.74, 6) is -0.207. The third-order valence-corrected chi connectivity index (χ3v) is 8.31. The lowest BCUT2D eigenvalue weighted by atomic mass is 10.2. The van der Waals surface area contributed by atoms with E-state index in [-0.39, 0.29) is 34.6 Å². The Morgan fingerprint density at radius 3 is 2.38 bits per heavy atom. The molecule has 0 N–H and O–H groups in total. The van der Waals surface area contributed by atoms with Gasteiger partial charge in [0.1, 0.15) is 0 Å². The molecule has 8 nitrogen and oxygen atoms in total. The predicted molar refractivity (Wildman–Crippen MR) is 86.9 cm³/mol. The van der Waals surface area contributed by atoms with Crippen LogP contribution in [0.15, 0.2) is 23.1 Å². The number of nitro groups is 1. The third kappa shape index (κ3) is 3.17. The molecule has 2 aliphatic rings. The van der Waals surface area contributed by atoms with E-state index in [1.165, 1.54) is 16.4 Å². The number of nitrogens with zero attached hydrogens (tertiary/aromatic N) is 2. The molecular weight excluding hydrogens is 356 g/mol. The maximum Gasteiger partial charge on any atom is 0.270 e. The summed E-state index contributed by atoms with van der Waals surface area (Å²) in [4.78, 5) is 10.2. The second-order valence-corrected chi connectivity index (χ2v) is 10.4. The van der Waals surface area contributed by atoms with Crippen molar-refractivity contribution in [1.82, 2.24) is 4.31 Å². The van der Waals surface area contributed by atoms with E-state index in [0.29, 0.717) is 18.4 Å². The van der Waals surface area contributed by atoms with Gasteiger partial charge in [-0.15, -0.1) is 0 Å². The normalized spacial score (nSPS) is 23.5. The predicted octanol–water partition coefficient (Wildman–Crippen LogP) is 1.24. The first-order chi connectivity index (χ1) is 11.1. The summed E-state index contributed by atoms with van der Waals surface area (Å²) >= 11 is 0. The van der Waals surface area contributed by atoms with Gasteiger partial charge in [-0.2, -0.15) is 4.31 Å². The summed E-state index contributed by atoms with van der Waals surface area (Å²) in [6.07, 6.45) is 1.64. The minimum Gasteiger partial charge on any atom is -0.258 e. The van der Waals surface area contributed by atoms with Crippen LogP contribution >= 0.6 is 0 Å². The average Bonchev–Trinajstić information content (AvgIpc) is 3.22. The number of rotatable bonds is 5. The number of aryl methyl sites for hydroxylation is 1. The number of sulfonamides is 1. The first-order valence-electron chi connectivity index (χ1n) is 7.61. The quantitative estimate of drug-likeness (QED) is 0.566. The smallest absolute Gasteiger partial charge is 0.258 e. The fraction of sp³-hybridized carbons (Fsp3) is 0.571. The zero-order chi connectivity index (χ0) is 17.7. The summed E-state index contributed by atoms with van der Waals surface area (Å²) in [5, 5.41) is 11.0. The lowest BCUT2D eigenvalue weighted by molar-refractivity contribution is -0.385. The second kappa shape index (κ2) is 5.78. The summed E-state index contributed by atoms with van der Waals surface area (Å²) in [6, 6.07) is 2.92. The van der Waals surface area contributed by atoms with Crippen LogP contribution in [0.2, 0.25) is 0 Å². The van der Waals surface area contributed by atoms with Crippen LogP contribution in [-0.4, -0.2) is 49.7 Å².